The van der Waals surface area contributed by atoms with E-state index >= 15 is 0 Å². The van der Waals surface area contributed by atoms with Gasteiger partial charge in [0.1, 0.15) is 12.1 Å². The highest BCUT2D eigenvalue weighted by molar-refractivity contribution is 5.67. The molecule has 0 atom stereocenters. The van der Waals surface area contributed by atoms with Gasteiger partial charge in [0.05, 0.1) is 6.61 Å². The first-order valence-electron chi connectivity index (χ1n) is 7.72. The van der Waals surface area contributed by atoms with E-state index in [4.69, 9.17) is 4.74 Å². The molecule has 0 saturated carbocycles. The van der Waals surface area contributed by atoms with Gasteiger partial charge in [0.15, 0.2) is 0 Å². The highest BCUT2D eigenvalue weighted by Gasteiger charge is 2.23. The molecule has 1 saturated heterocycles. The topological polar surface area (TPSA) is 67.4 Å². The Hall–Kier alpha value is -1.85. The van der Waals surface area contributed by atoms with Crippen LogP contribution in [0.2, 0.25) is 0 Å². The van der Waals surface area contributed by atoms with E-state index in [1.165, 1.54) is 0 Å². The van der Waals surface area contributed by atoms with Crippen LogP contribution in [0.5, 0.6) is 0 Å². The van der Waals surface area contributed by atoms with Gasteiger partial charge >= 0.3 is 6.09 Å². The molecule has 0 aliphatic carbocycles. The summed E-state index contributed by atoms with van der Waals surface area (Å²) >= 11 is 0. The van der Waals surface area contributed by atoms with Gasteiger partial charge in [-0.15, -0.1) is 0 Å². The van der Waals surface area contributed by atoms with Gasteiger partial charge in [0, 0.05) is 30.9 Å². The molecule has 1 aromatic rings. The smallest absolute Gasteiger partial charge is 0.409 e. The maximum absolute atomic E-state index is 11.6. The molecule has 1 N–H and O–H groups in total. The number of amides is 1. The minimum Gasteiger partial charge on any atom is -0.450 e. The number of hydrogen-bond donors (Lipinski definition) is 1. The van der Waals surface area contributed by atoms with Crippen molar-refractivity contribution in [2.45, 2.75) is 45.6 Å². The monoisotopic (exact) mass is 292 g/mol. The van der Waals surface area contributed by atoms with Crippen LogP contribution in [0.15, 0.2) is 12.4 Å². The molecular formula is C15H24N4O2. The maximum Gasteiger partial charge on any atom is 0.409 e. The first-order chi connectivity index (χ1) is 10.2. The van der Waals surface area contributed by atoms with Crippen LogP contribution in [0.3, 0.4) is 0 Å². The lowest BCUT2D eigenvalue weighted by Gasteiger charge is -2.31. The number of hydrogen-bond acceptors (Lipinski definition) is 5. The minimum absolute atomic E-state index is 0.205. The molecule has 1 aliphatic heterocycles. The van der Waals surface area contributed by atoms with Crippen LogP contribution in [0.25, 0.3) is 0 Å². The zero-order valence-corrected chi connectivity index (χ0v) is 12.8. The molecular weight excluding hydrogens is 268 g/mol. The Balaban J connectivity index is 1.83. The fourth-order valence-corrected chi connectivity index (χ4v) is 2.50. The number of ether oxygens (including phenoxy) is 1. The van der Waals surface area contributed by atoms with Crippen molar-refractivity contribution in [1.82, 2.24) is 14.9 Å². The summed E-state index contributed by atoms with van der Waals surface area (Å²) in [5.74, 6) is 0.878. The highest BCUT2D eigenvalue weighted by atomic mass is 16.6. The molecule has 1 amide bonds. The molecule has 0 aromatic carbocycles. The standard InChI is InChI=1S/C15H24N4O2/c1-3-5-13-10-14(17-11-16-13)18-12-6-8-19(9-7-12)15(20)21-4-2/h10-12H,3-9H2,1-2H3,(H,16,17,18). The summed E-state index contributed by atoms with van der Waals surface area (Å²) in [6, 6.07) is 2.36. The summed E-state index contributed by atoms with van der Waals surface area (Å²) in [5, 5.41) is 3.44. The van der Waals surface area contributed by atoms with Crippen LogP contribution in [0, 0.1) is 0 Å². The van der Waals surface area contributed by atoms with Gasteiger partial charge in [-0.25, -0.2) is 14.8 Å². The van der Waals surface area contributed by atoms with E-state index in [9.17, 15) is 4.79 Å². The number of carbonyl (C=O) groups excluding carboxylic acids is 1. The summed E-state index contributed by atoms with van der Waals surface area (Å²) in [6.07, 6.45) is 5.27. The Kier molecular flexibility index (Phi) is 5.78. The number of likely N-dealkylation sites (tertiary alicyclic amines) is 1. The normalized spacial score (nSPS) is 15.8. The highest BCUT2D eigenvalue weighted by Crippen LogP contribution is 2.16. The largest absolute Gasteiger partial charge is 0.450 e. The molecule has 2 rings (SSSR count). The zero-order valence-electron chi connectivity index (χ0n) is 12.8. The second-order valence-corrected chi connectivity index (χ2v) is 5.25. The number of aromatic nitrogens is 2. The van der Waals surface area contributed by atoms with E-state index in [0.29, 0.717) is 12.6 Å². The van der Waals surface area contributed by atoms with Gasteiger partial charge in [-0.05, 0) is 26.2 Å². The lowest BCUT2D eigenvalue weighted by molar-refractivity contribution is 0.0983. The Morgan fingerprint density at radius 1 is 1.38 bits per heavy atom. The van der Waals surface area contributed by atoms with Crippen molar-refractivity contribution >= 4 is 11.9 Å². The molecule has 0 radical (unpaired) electrons. The van der Waals surface area contributed by atoms with Crippen molar-refractivity contribution in [2.24, 2.45) is 0 Å². The second kappa shape index (κ2) is 7.81. The maximum atomic E-state index is 11.6. The number of rotatable bonds is 5. The van der Waals surface area contributed by atoms with Crippen molar-refractivity contribution in [1.29, 1.82) is 0 Å². The predicted molar refractivity (Wildman–Crippen MR) is 81.3 cm³/mol. The molecule has 116 valence electrons. The van der Waals surface area contributed by atoms with E-state index in [0.717, 1.165) is 50.3 Å². The molecule has 21 heavy (non-hydrogen) atoms. The molecule has 1 aromatic heterocycles. The summed E-state index contributed by atoms with van der Waals surface area (Å²) in [5.41, 5.74) is 1.07. The zero-order chi connectivity index (χ0) is 15.1. The molecule has 0 bridgehead atoms. The average molecular weight is 292 g/mol. The third kappa shape index (κ3) is 4.58. The Bertz CT molecular complexity index is 459. The van der Waals surface area contributed by atoms with Crippen LogP contribution in [0.1, 0.15) is 38.8 Å². The SMILES string of the molecule is CCCc1cc(NC2CCN(C(=O)OCC)CC2)ncn1. The number of nitrogens with one attached hydrogen (secondary N) is 1. The van der Waals surface area contributed by atoms with Gasteiger partial charge in [-0.2, -0.15) is 0 Å². The molecule has 2 heterocycles. The number of piperidine rings is 1. The Labute approximate surface area is 125 Å². The van der Waals surface area contributed by atoms with Crippen molar-refractivity contribution < 1.29 is 9.53 Å². The molecule has 1 fully saturated rings. The lowest BCUT2D eigenvalue weighted by Crippen LogP contribution is -2.42. The summed E-state index contributed by atoms with van der Waals surface area (Å²) in [7, 11) is 0. The van der Waals surface area contributed by atoms with Crippen LogP contribution < -0.4 is 5.32 Å². The first-order valence-corrected chi connectivity index (χ1v) is 7.72. The van der Waals surface area contributed by atoms with Crippen LogP contribution in [-0.4, -0.2) is 46.7 Å². The van der Waals surface area contributed by atoms with Gasteiger partial charge in [-0.3, -0.25) is 0 Å². The van der Waals surface area contributed by atoms with E-state index in [1.54, 1.807) is 11.2 Å². The van der Waals surface area contributed by atoms with Crippen molar-refractivity contribution in [3.63, 3.8) is 0 Å². The van der Waals surface area contributed by atoms with Crippen molar-refractivity contribution in [3.8, 4) is 0 Å². The fraction of sp³-hybridized carbons (Fsp3) is 0.667. The fourth-order valence-electron chi connectivity index (χ4n) is 2.50. The first kappa shape index (κ1) is 15.5. The lowest BCUT2D eigenvalue weighted by atomic mass is 10.1. The van der Waals surface area contributed by atoms with Gasteiger partial charge in [0.25, 0.3) is 0 Å². The minimum atomic E-state index is -0.205. The molecule has 0 spiro atoms. The summed E-state index contributed by atoms with van der Waals surface area (Å²) < 4.78 is 5.02. The van der Waals surface area contributed by atoms with Crippen molar-refractivity contribution in [2.75, 3.05) is 25.0 Å². The number of carbonyl (C=O) groups is 1. The Morgan fingerprint density at radius 2 is 2.14 bits per heavy atom. The van der Waals surface area contributed by atoms with Crippen LogP contribution >= 0.6 is 0 Å². The quantitative estimate of drug-likeness (QED) is 0.903. The van der Waals surface area contributed by atoms with E-state index in [1.807, 2.05) is 13.0 Å². The van der Waals surface area contributed by atoms with Crippen LogP contribution in [-0.2, 0) is 11.2 Å². The van der Waals surface area contributed by atoms with Gasteiger partial charge < -0.3 is 15.0 Å². The molecule has 6 heteroatoms. The Morgan fingerprint density at radius 3 is 2.81 bits per heavy atom. The van der Waals surface area contributed by atoms with E-state index in [2.05, 4.69) is 22.2 Å². The van der Waals surface area contributed by atoms with Crippen LogP contribution in [0.4, 0.5) is 10.6 Å². The number of anilines is 1. The summed E-state index contributed by atoms with van der Waals surface area (Å²) in [4.78, 5) is 21.9. The third-order valence-electron chi connectivity index (χ3n) is 3.60. The van der Waals surface area contributed by atoms with Gasteiger partial charge in [0.2, 0.25) is 0 Å². The van der Waals surface area contributed by atoms with Gasteiger partial charge in [-0.1, -0.05) is 13.3 Å². The predicted octanol–water partition coefficient (Wildman–Crippen LogP) is 2.46. The summed E-state index contributed by atoms with van der Waals surface area (Å²) in [6.45, 7) is 5.85. The number of aryl methyl sites for hydroxylation is 1. The molecule has 6 nitrogen and oxygen atoms in total. The molecule has 0 unspecified atom stereocenters. The average Bonchev–Trinajstić information content (AvgIpc) is 2.49. The van der Waals surface area contributed by atoms with E-state index < -0.39 is 0 Å². The second-order valence-electron chi connectivity index (χ2n) is 5.25. The third-order valence-corrected chi connectivity index (χ3v) is 3.60. The number of nitrogens with zero attached hydrogens (tertiary/aromatic N) is 3. The molecule has 1 aliphatic rings. The van der Waals surface area contributed by atoms with Crippen molar-refractivity contribution in [3.05, 3.63) is 18.1 Å². The van der Waals surface area contributed by atoms with E-state index in [-0.39, 0.29) is 6.09 Å².